The summed E-state index contributed by atoms with van der Waals surface area (Å²) in [5, 5.41) is 3.76. The maximum Gasteiger partial charge on any atom is 0.409 e. The lowest BCUT2D eigenvalue weighted by molar-refractivity contribution is 0.0916. The predicted octanol–water partition coefficient (Wildman–Crippen LogP) is 2.07. The van der Waals surface area contributed by atoms with Crippen LogP contribution in [0.5, 0.6) is 0 Å². The van der Waals surface area contributed by atoms with Crippen molar-refractivity contribution >= 4 is 6.09 Å². The third-order valence-corrected chi connectivity index (χ3v) is 5.22. The first-order valence-electron chi connectivity index (χ1n) is 8.40. The highest BCUT2D eigenvalue weighted by molar-refractivity contribution is 5.67. The molecule has 0 unspecified atom stereocenters. The Bertz CT molecular complexity index is 332. The number of rotatable bonds is 5. The first kappa shape index (κ1) is 16.6. The molecule has 1 amide bonds. The molecule has 1 saturated carbocycles. The summed E-state index contributed by atoms with van der Waals surface area (Å²) in [4.78, 5) is 15.9. The Balaban J connectivity index is 1.75. The molecule has 0 aromatic heterocycles. The van der Waals surface area contributed by atoms with Gasteiger partial charge in [0, 0.05) is 31.2 Å². The molecular formula is C16H31N3O2. The Morgan fingerprint density at radius 2 is 1.90 bits per heavy atom. The third-order valence-electron chi connectivity index (χ3n) is 5.22. The van der Waals surface area contributed by atoms with Gasteiger partial charge < -0.3 is 19.9 Å². The van der Waals surface area contributed by atoms with E-state index in [1.54, 1.807) is 0 Å². The Kier molecular flexibility index (Phi) is 5.88. The van der Waals surface area contributed by atoms with E-state index >= 15 is 0 Å². The van der Waals surface area contributed by atoms with Gasteiger partial charge in [0.25, 0.3) is 0 Å². The van der Waals surface area contributed by atoms with Crippen LogP contribution in [0.15, 0.2) is 0 Å². The van der Waals surface area contributed by atoms with Crippen LogP contribution < -0.4 is 5.32 Å². The van der Waals surface area contributed by atoms with E-state index in [1.807, 2.05) is 11.8 Å². The summed E-state index contributed by atoms with van der Waals surface area (Å²) in [6, 6.07) is 0.535. The van der Waals surface area contributed by atoms with Gasteiger partial charge in [0.15, 0.2) is 0 Å². The van der Waals surface area contributed by atoms with E-state index in [2.05, 4.69) is 24.3 Å². The van der Waals surface area contributed by atoms with Gasteiger partial charge >= 0.3 is 6.09 Å². The summed E-state index contributed by atoms with van der Waals surface area (Å²) in [5.74, 6) is 0. The molecule has 5 nitrogen and oxygen atoms in total. The predicted molar refractivity (Wildman–Crippen MR) is 84.5 cm³/mol. The number of nitrogens with one attached hydrogen (secondary N) is 1. The molecule has 2 rings (SSSR count). The van der Waals surface area contributed by atoms with Gasteiger partial charge in [0.05, 0.1) is 6.61 Å². The molecule has 5 heteroatoms. The van der Waals surface area contributed by atoms with E-state index in [4.69, 9.17) is 4.74 Å². The maximum absolute atomic E-state index is 11.7. The number of likely N-dealkylation sites (N-methyl/N-ethyl adjacent to an activating group) is 1. The van der Waals surface area contributed by atoms with Crippen molar-refractivity contribution in [3.8, 4) is 0 Å². The number of amides is 1. The molecule has 2 aliphatic rings. The van der Waals surface area contributed by atoms with E-state index < -0.39 is 0 Å². The minimum atomic E-state index is -0.156. The van der Waals surface area contributed by atoms with Crippen molar-refractivity contribution in [2.24, 2.45) is 0 Å². The molecule has 0 aromatic rings. The average molecular weight is 297 g/mol. The molecule has 1 aliphatic heterocycles. The Labute approximate surface area is 129 Å². The van der Waals surface area contributed by atoms with Gasteiger partial charge in [-0.05, 0) is 46.7 Å². The van der Waals surface area contributed by atoms with Crippen molar-refractivity contribution in [2.75, 3.05) is 40.3 Å². The zero-order chi connectivity index (χ0) is 15.3. The lowest BCUT2D eigenvalue weighted by Crippen LogP contribution is -2.53. The van der Waals surface area contributed by atoms with Gasteiger partial charge in [-0.1, -0.05) is 12.8 Å². The third kappa shape index (κ3) is 4.10. The van der Waals surface area contributed by atoms with Crippen LogP contribution in [0.4, 0.5) is 4.79 Å². The molecule has 1 N–H and O–H groups in total. The summed E-state index contributed by atoms with van der Waals surface area (Å²) < 4.78 is 5.07. The summed E-state index contributed by atoms with van der Waals surface area (Å²) >= 11 is 0. The summed E-state index contributed by atoms with van der Waals surface area (Å²) in [7, 11) is 4.41. The van der Waals surface area contributed by atoms with Crippen LogP contribution in [-0.4, -0.2) is 67.8 Å². The van der Waals surface area contributed by atoms with Crippen LogP contribution >= 0.6 is 0 Å². The normalized spacial score (nSPS) is 22.8. The molecule has 0 aromatic carbocycles. The number of piperidine rings is 1. The zero-order valence-corrected chi connectivity index (χ0v) is 13.9. The molecule has 2 fully saturated rings. The van der Waals surface area contributed by atoms with Crippen LogP contribution in [0.25, 0.3) is 0 Å². The fraction of sp³-hybridized carbons (Fsp3) is 0.938. The van der Waals surface area contributed by atoms with E-state index in [0.717, 1.165) is 32.5 Å². The number of nitrogens with zero attached hydrogens (tertiary/aromatic N) is 2. The van der Waals surface area contributed by atoms with Crippen LogP contribution in [-0.2, 0) is 4.74 Å². The molecule has 21 heavy (non-hydrogen) atoms. The Hall–Kier alpha value is -0.810. The smallest absolute Gasteiger partial charge is 0.409 e. The number of carbonyl (C=O) groups excluding carboxylic acids is 1. The first-order chi connectivity index (χ1) is 10.1. The fourth-order valence-electron chi connectivity index (χ4n) is 3.63. The van der Waals surface area contributed by atoms with Gasteiger partial charge in [-0.25, -0.2) is 4.79 Å². The van der Waals surface area contributed by atoms with Gasteiger partial charge in [-0.2, -0.15) is 0 Å². The molecule has 0 spiro atoms. The number of ether oxygens (including phenoxy) is 1. The van der Waals surface area contributed by atoms with Crippen molar-refractivity contribution in [2.45, 2.75) is 57.0 Å². The minimum Gasteiger partial charge on any atom is -0.450 e. The van der Waals surface area contributed by atoms with Crippen LogP contribution in [0, 0.1) is 0 Å². The summed E-state index contributed by atoms with van der Waals surface area (Å²) in [6.07, 6.45) is 7.20. The monoisotopic (exact) mass is 297 g/mol. The number of hydrogen-bond donors (Lipinski definition) is 1. The first-order valence-corrected chi connectivity index (χ1v) is 8.40. The number of carbonyl (C=O) groups is 1. The van der Waals surface area contributed by atoms with Crippen molar-refractivity contribution in [1.82, 2.24) is 15.1 Å². The molecule has 0 bridgehead atoms. The molecule has 0 radical (unpaired) electrons. The highest BCUT2D eigenvalue weighted by atomic mass is 16.6. The van der Waals surface area contributed by atoms with E-state index in [-0.39, 0.29) is 6.09 Å². The standard InChI is InChI=1S/C16H31N3O2/c1-4-21-15(20)19-11-7-14(8-12-19)17-13-16(18(2)3)9-5-6-10-16/h14,17H,4-13H2,1-3H3. The van der Waals surface area contributed by atoms with Crippen molar-refractivity contribution < 1.29 is 9.53 Å². The molecule has 1 heterocycles. The summed E-state index contributed by atoms with van der Waals surface area (Å²) in [6.45, 7) is 5.01. The Morgan fingerprint density at radius 1 is 1.29 bits per heavy atom. The lowest BCUT2D eigenvalue weighted by atomic mass is 9.94. The van der Waals surface area contributed by atoms with Gasteiger partial charge in [-0.3, -0.25) is 0 Å². The van der Waals surface area contributed by atoms with Crippen LogP contribution in [0.1, 0.15) is 45.4 Å². The average Bonchev–Trinajstić information content (AvgIpc) is 2.96. The van der Waals surface area contributed by atoms with Gasteiger partial charge in [-0.15, -0.1) is 0 Å². The highest BCUT2D eigenvalue weighted by Gasteiger charge is 2.36. The van der Waals surface area contributed by atoms with Crippen molar-refractivity contribution in [3.63, 3.8) is 0 Å². The van der Waals surface area contributed by atoms with Gasteiger partial charge in [0.2, 0.25) is 0 Å². The van der Waals surface area contributed by atoms with E-state index in [0.29, 0.717) is 18.2 Å². The van der Waals surface area contributed by atoms with Gasteiger partial charge in [0.1, 0.15) is 0 Å². The number of hydrogen-bond acceptors (Lipinski definition) is 4. The minimum absolute atomic E-state index is 0.156. The zero-order valence-electron chi connectivity index (χ0n) is 13.9. The Morgan fingerprint density at radius 3 is 2.43 bits per heavy atom. The molecule has 0 atom stereocenters. The molecule has 122 valence electrons. The maximum atomic E-state index is 11.7. The largest absolute Gasteiger partial charge is 0.450 e. The number of likely N-dealkylation sites (tertiary alicyclic amines) is 1. The molecule has 1 aliphatic carbocycles. The topological polar surface area (TPSA) is 44.8 Å². The van der Waals surface area contributed by atoms with Crippen LogP contribution in [0.3, 0.4) is 0 Å². The molecular weight excluding hydrogens is 266 g/mol. The highest BCUT2D eigenvalue weighted by Crippen LogP contribution is 2.33. The SMILES string of the molecule is CCOC(=O)N1CCC(NCC2(N(C)C)CCCC2)CC1. The quantitative estimate of drug-likeness (QED) is 0.844. The fourth-order valence-corrected chi connectivity index (χ4v) is 3.63. The van der Waals surface area contributed by atoms with E-state index in [9.17, 15) is 4.79 Å². The van der Waals surface area contributed by atoms with E-state index in [1.165, 1.54) is 25.7 Å². The second kappa shape index (κ2) is 7.45. The summed E-state index contributed by atoms with van der Waals surface area (Å²) in [5.41, 5.74) is 0.346. The van der Waals surface area contributed by atoms with Crippen LogP contribution in [0.2, 0.25) is 0 Å². The second-order valence-electron chi connectivity index (χ2n) is 6.67. The second-order valence-corrected chi connectivity index (χ2v) is 6.67. The van der Waals surface area contributed by atoms with Crippen molar-refractivity contribution in [1.29, 1.82) is 0 Å². The molecule has 1 saturated heterocycles. The lowest BCUT2D eigenvalue weighted by Gasteiger charge is -2.39. The van der Waals surface area contributed by atoms with Crippen molar-refractivity contribution in [3.05, 3.63) is 0 Å².